The molecular weight excluding hydrogens is 242 g/mol. The van der Waals surface area contributed by atoms with Crippen molar-refractivity contribution in [1.29, 1.82) is 0 Å². The van der Waals surface area contributed by atoms with E-state index in [1.165, 1.54) is 50.6 Å². The van der Waals surface area contributed by atoms with Crippen LogP contribution >= 0.6 is 11.6 Å². The number of rotatable bonds is 3. The van der Waals surface area contributed by atoms with E-state index in [0.717, 1.165) is 5.02 Å². The van der Waals surface area contributed by atoms with Crippen LogP contribution in [0.2, 0.25) is 5.02 Å². The van der Waals surface area contributed by atoms with Gasteiger partial charge in [0.15, 0.2) is 0 Å². The molecule has 1 nitrogen and oxygen atoms in total. The van der Waals surface area contributed by atoms with E-state index >= 15 is 0 Å². The van der Waals surface area contributed by atoms with Crippen molar-refractivity contribution in [3.8, 4) is 0 Å². The molecule has 1 N–H and O–H groups in total. The van der Waals surface area contributed by atoms with Crippen LogP contribution in [0.1, 0.15) is 44.1 Å². The lowest BCUT2D eigenvalue weighted by Crippen LogP contribution is -2.48. The van der Waals surface area contributed by atoms with E-state index < -0.39 is 0 Å². The van der Waals surface area contributed by atoms with Crippen molar-refractivity contribution in [3.63, 3.8) is 0 Å². The molecule has 1 aromatic rings. The lowest BCUT2D eigenvalue weighted by Gasteiger charge is -2.54. The first-order valence-electron chi connectivity index (χ1n) is 7.09. The van der Waals surface area contributed by atoms with Gasteiger partial charge in [0.2, 0.25) is 0 Å². The SMILES string of the molecule is CNCC12CCC(c3ccccc3Cl)(CC1)CC2. The molecule has 18 heavy (non-hydrogen) atoms. The summed E-state index contributed by atoms with van der Waals surface area (Å²) < 4.78 is 0. The second-order valence-electron chi connectivity index (χ2n) is 6.29. The van der Waals surface area contributed by atoms with E-state index in [1.54, 1.807) is 0 Å². The van der Waals surface area contributed by atoms with Crippen LogP contribution in [-0.2, 0) is 5.41 Å². The largest absolute Gasteiger partial charge is 0.319 e. The van der Waals surface area contributed by atoms with Crippen molar-refractivity contribution in [2.75, 3.05) is 13.6 Å². The summed E-state index contributed by atoms with van der Waals surface area (Å²) >= 11 is 6.43. The van der Waals surface area contributed by atoms with Gasteiger partial charge in [-0.15, -0.1) is 0 Å². The van der Waals surface area contributed by atoms with Gasteiger partial charge in [0, 0.05) is 11.6 Å². The molecule has 0 aliphatic heterocycles. The van der Waals surface area contributed by atoms with Crippen LogP contribution in [0, 0.1) is 5.41 Å². The fourth-order valence-corrected chi connectivity index (χ4v) is 4.53. The first kappa shape index (κ1) is 12.5. The zero-order valence-corrected chi connectivity index (χ0v) is 11.9. The molecule has 2 bridgehead atoms. The van der Waals surface area contributed by atoms with Crippen LogP contribution in [-0.4, -0.2) is 13.6 Å². The van der Waals surface area contributed by atoms with Crippen molar-refractivity contribution >= 4 is 11.6 Å². The predicted molar refractivity (Wildman–Crippen MR) is 77.2 cm³/mol. The lowest BCUT2D eigenvalue weighted by molar-refractivity contribution is 0.0415. The van der Waals surface area contributed by atoms with Gasteiger partial charge in [-0.2, -0.15) is 0 Å². The van der Waals surface area contributed by atoms with Crippen LogP contribution in [0.15, 0.2) is 24.3 Å². The van der Waals surface area contributed by atoms with E-state index in [-0.39, 0.29) is 0 Å². The monoisotopic (exact) mass is 263 g/mol. The summed E-state index contributed by atoms with van der Waals surface area (Å²) in [7, 11) is 2.08. The van der Waals surface area contributed by atoms with Crippen LogP contribution < -0.4 is 5.32 Å². The highest BCUT2D eigenvalue weighted by Crippen LogP contribution is 2.58. The van der Waals surface area contributed by atoms with Gasteiger partial charge in [0.25, 0.3) is 0 Å². The Kier molecular flexibility index (Phi) is 3.15. The third-order valence-corrected chi connectivity index (χ3v) is 5.73. The molecule has 0 amide bonds. The van der Waals surface area contributed by atoms with Gasteiger partial charge in [-0.05, 0) is 68.0 Å². The van der Waals surface area contributed by atoms with Crippen molar-refractivity contribution in [1.82, 2.24) is 5.32 Å². The zero-order chi connectivity index (χ0) is 12.6. The molecule has 4 rings (SSSR count). The molecule has 3 aliphatic carbocycles. The molecule has 0 saturated heterocycles. The molecule has 1 aromatic carbocycles. The first-order chi connectivity index (χ1) is 8.70. The fraction of sp³-hybridized carbons (Fsp3) is 0.625. The van der Waals surface area contributed by atoms with Crippen LogP contribution in [0.3, 0.4) is 0 Å². The van der Waals surface area contributed by atoms with Crippen LogP contribution in [0.4, 0.5) is 0 Å². The minimum Gasteiger partial charge on any atom is -0.319 e. The molecule has 0 heterocycles. The van der Waals surface area contributed by atoms with E-state index in [9.17, 15) is 0 Å². The maximum atomic E-state index is 6.43. The van der Waals surface area contributed by atoms with Gasteiger partial charge >= 0.3 is 0 Å². The molecule has 3 aliphatic rings. The van der Waals surface area contributed by atoms with E-state index in [0.29, 0.717) is 10.8 Å². The molecular formula is C16H22ClN. The highest BCUT2D eigenvalue weighted by Gasteiger charge is 2.49. The van der Waals surface area contributed by atoms with Crippen LogP contribution in [0.25, 0.3) is 0 Å². The second-order valence-corrected chi connectivity index (χ2v) is 6.70. The van der Waals surface area contributed by atoms with Crippen LogP contribution in [0.5, 0.6) is 0 Å². The summed E-state index contributed by atoms with van der Waals surface area (Å²) in [6.45, 7) is 1.19. The molecule has 98 valence electrons. The molecule has 0 radical (unpaired) electrons. The minimum absolute atomic E-state index is 0.383. The molecule has 2 heteroatoms. The Bertz CT molecular complexity index is 416. The number of halogens is 1. The number of hydrogen-bond donors (Lipinski definition) is 1. The summed E-state index contributed by atoms with van der Waals surface area (Å²) in [6.07, 6.45) is 8.03. The molecule has 0 atom stereocenters. The Morgan fingerprint density at radius 1 is 1.06 bits per heavy atom. The molecule has 0 unspecified atom stereocenters. The fourth-order valence-electron chi connectivity index (χ4n) is 4.20. The second kappa shape index (κ2) is 4.54. The maximum Gasteiger partial charge on any atom is 0.0443 e. The van der Waals surface area contributed by atoms with E-state index in [1.807, 2.05) is 6.07 Å². The highest BCUT2D eigenvalue weighted by atomic mass is 35.5. The third-order valence-electron chi connectivity index (χ3n) is 5.40. The normalized spacial score (nSPS) is 34.8. The number of benzene rings is 1. The minimum atomic E-state index is 0.383. The third kappa shape index (κ3) is 1.88. The summed E-state index contributed by atoms with van der Waals surface area (Å²) in [4.78, 5) is 0. The molecule has 3 saturated carbocycles. The van der Waals surface area contributed by atoms with Gasteiger partial charge < -0.3 is 5.32 Å². The Balaban J connectivity index is 1.87. The number of fused-ring (bicyclic) bond motifs is 3. The Morgan fingerprint density at radius 3 is 2.22 bits per heavy atom. The predicted octanol–water partition coefficient (Wildman–Crippen LogP) is 4.15. The Morgan fingerprint density at radius 2 is 1.67 bits per heavy atom. The van der Waals surface area contributed by atoms with Crippen molar-refractivity contribution in [3.05, 3.63) is 34.9 Å². The van der Waals surface area contributed by atoms with Gasteiger partial charge in [-0.25, -0.2) is 0 Å². The lowest BCUT2D eigenvalue weighted by atomic mass is 9.52. The number of nitrogens with one attached hydrogen (secondary N) is 1. The molecule has 3 fully saturated rings. The Labute approximate surface area is 115 Å². The van der Waals surface area contributed by atoms with Crippen molar-refractivity contribution < 1.29 is 0 Å². The van der Waals surface area contributed by atoms with Crippen molar-refractivity contribution in [2.24, 2.45) is 5.41 Å². The average Bonchev–Trinajstić information content (AvgIpc) is 2.41. The average molecular weight is 264 g/mol. The number of hydrogen-bond acceptors (Lipinski definition) is 1. The van der Waals surface area contributed by atoms with Gasteiger partial charge in [0.05, 0.1) is 0 Å². The van der Waals surface area contributed by atoms with Gasteiger partial charge in [0.1, 0.15) is 0 Å². The highest BCUT2D eigenvalue weighted by molar-refractivity contribution is 6.31. The van der Waals surface area contributed by atoms with Gasteiger partial charge in [-0.3, -0.25) is 0 Å². The molecule has 0 aromatic heterocycles. The maximum absolute atomic E-state index is 6.43. The molecule has 0 spiro atoms. The summed E-state index contributed by atoms with van der Waals surface area (Å²) in [5.41, 5.74) is 2.37. The van der Waals surface area contributed by atoms with Crippen molar-refractivity contribution in [2.45, 2.75) is 43.9 Å². The standard InChI is InChI=1S/C16H22ClN/c1-18-12-15-6-9-16(10-7-15,11-8-15)13-4-2-3-5-14(13)17/h2-5,18H,6-12H2,1H3. The quantitative estimate of drug-likeness (QED) is 0.864. The summed E-state index contributed by atoms with van der Waals surface area (Å²) in [6, 6.07) is 8.48. The summed E-state index contributed by atoms with van der Waals surface area (Å²) in [5.74, 6) is 0. The van der Waals surface area contributed by atoms with Gasteiger partial charge in [-0.1, -0.05) is 29.8 Å². The Hall–Kier alpha value is -0.530. The summed E-state index contributed by atoms with van der Waals surface area (Å²) in [5, 5.41) is 4.36. The first-order valence-corrected chi connectivity index (χ1v) is 7.47. The zero-order valence-electron chi connectivity index (χ0n) is 11.1. The van der Waals surface area contributed by atoms with E-state index in [2.05, 4.69) is 30.6 Å². The topological polar surface area (TPSA) is 12.0 Å². The van der Waals surface area contributed by atoms with E-state index in [4.69, 9.17) is 11.6 Å². The smallest absolute Gasteiger partial charge is 0.0443 e.